The Morgan fingerprint density at radius 1 is 1.24 bits per heavy atom. The van der Waals surface area contributed by atoms with Gasteiger partial charge in [-0.2, -0.15) is 0 Å². The lowest BCUT2D eigenvalue weighted by atomic mass is 10.1. The second-order valence-corrected chi connectivity index (χ2v) is 5.51. The fourth-order valence-corrected chi connectivity index (χ4v) is 2.71. The van der Waals surface area contributed by atoms with E-state index in [2.05, 4.69) is 11.9 Å². The van der Waals surface area contributed by atoms with Crippen LogP contribution in [0.1, 0.15) is 22.8 Å². The third-order valence-corrected chi connectivity index (χ3v) is 3.86. The quantitative estimate of drug-likeness (QED) is 0.909. The Kier molecular flexibility index (Phi) is 4.52. The van der Waals surface area contributed by atoms with Gasteiger partial charge in [0.2, 0.25) is 5.91 Å². The molecule has 0 unspecified atom stereocenters. The second kappa shape index (κ2) is 6.76. The van der Waals surface area contributed by atoms with Crippen molar-refractivity contribution in [3.63, 3.8) is 0 Å². The maximum absolute atomic E-state index is 13.3. The highest BCUT2D eigenvalue weighted by Gasteiger charge is 2.31. The van der Waals surface area contributed by atoms with E-state index < -0.39 is 11.7 Å². The van der Waals surface area contributed by atoms with Gasteiger partial charge in [0, 0.05) is 22.9 Å². The van der Waals surface area contributed by atoms with Gasteiger partial charge < -0.3 is 10.1 Å². The van der Waals surface area contributed by atoms with Crippen LogP contribution in [-0.4, -0.2) is 29.9 Å². The molecule has 25 heavy (non-hydrogen) atoms. The first-order valence-corrected chi connectivity index (χ1v) is 7.83. The summed E-state index contributed by atoms with van der Waals surface area (Å²) in [6.45, 7) is 5.81. The number of hydrogen-bond acceptors (Lipinski definition) is 3. The monoisotopic (exact) mass is 340 g/mol. The third-order valence-electron chi connectivity index (χ3n) is 3.86. The molecule has 128 valence electrons. The van der Waals surface area contributed by atoms with Crippen LogP contribution in [0.25, 0.3) is 5.70 Å². The first kappa shape index (κ1) is 16.7. The SMILES string of the molecule is C=C1c2ccccc2C(=O)N1CC(=O)Nc1ccc(F)cc1OCC. The number of anilines is 1. The Morgan fingerprint density at radius 3 is 2.64 bits per heavy atom. The van der Waals surface area contributed by atoms with Crippen molar-refractivity contribution in [1.82, 2.24) is 4.90 Å². The van der Waals surface area contributed by atoms with Gasteiger partial charge in [0.1, 0.15) is 18.1 Å². The Labute approximate surface area is 144 Å². The van der Waals surface area contributed by atoms with E-state index in [1.165, 1.54) is 23.1 Å². The van der Waals surface area contributed by atoms with Crippen LogP contribution < -0.4 is 10.1 Å². The van der Waals surface area contributed by atoms with E-state index in [0.717, 1.165) is 5.56 Å². The molecule has 2 aromatic rings. The summed E-state index contributed by atoms with van der Waals surface area (Å²) in [6, 6.07) is 10.9. The van der Waals surface area contributed by atoms with E-state index >= 15 is 0 Å². The molecule has 0 saturated heterocycles. The average Bonchev–Trinajstić information content (AvgIpc) is 2.83. The van der Waals surface area contributed by atoms with E-state index in [4.69, 9.17) is 4.74 Å². The van der Waals surface area contributed by atoms with Crippen LogP contribution in [0, 0.1) is 5.82 Å². The average molecular weight is 340 g/mol. The summed E-state index contributed by atoms with van der Waals surface area (Å²) in [5.74, 6) is -0.902. The minimum absolute atomic E-state index is 0.185. The predicted octanol–water partition coefficient (Wildman–Crippen LogP) is 3.29. The maximum atomic E-state index is 13.3. The molecule has 5 nitrogen and oxygen atoms in total. The summed E-state index contributed by atoms with van der Waals surface area (Å²) >= 11 is 0. The van der Waals surface area contributed by atoms with Crippen molar-refractivity contribution in [2.24, 2.45) is 0 Å². The zero-order valence-corrected chi connectivity index (χ0v) is 13.7. The lowest BCUT2D eigenvalue weighted by Gasteiger charge is -2.18. The van der Waals surface area contributed by atoms with Crippen molar-refractivity contribution in [2.45, 2.75) is 6.92 Å². The fraction of sp³-hybridized carbons (Fsp3) is 0.158. The molecule has 2 amide bonds. The molecule has 0 saturated carbocycles. The van der Waals surface area contributed by atoms with Crippen LogP contribution in [0.3, 0.4) is 0 Å². The molecule has 1 heterocycles. The van der Waals surface area contributed by atoms with Gasteiger partial charge in [0.25, 0.3) is 5.91 Å². The molecule has 0 radical (unpaired) electrons. The molecule has 0 aliphatic carbocycles. The van der Waals surface area contributed by atoms with Gasteiger partial charge in [-0.25, -0.2) is 4.39 Å². The first-order chi connectivity index (χ1) is 12.0. The number of benzene rings is 2. The largest absolute Gasteiger partial charge is 0.492 e. The van der Waals surface area contributed by atoms with E-state index in [9.17, 15) is 14.0 Å². The zero-order chi connectivity index (χ0) is 18.0. The van der Waals surface area contributed by atoms with E-state index in [1.54, 1.807) is 25.1 Å². The number of hydrogen-bond donors (Lipinski definition) is 1. The molecule has 0 spiro atoms. The molecular weight excluding hydrogens is 323 g/mol. The summed E-state index contributed by atoms with van der Waals surface area (Å²) in [5.41, 5.74) is 2.08. The number of halogens is 1. The Morgan fingerprint density at radius 2 is 1.96 bits per heavy atom. The molecule has 0 aromatic heterocycles. The van der Waals surface area contributed by atoms with Crippen molar-refractivity contribution >= 4 is 23.2 Å². The van der Waals surface area contributed by atoms with Gasteiger partial charge in [-0.15, -0.1) is 0 Å². The smallest absolute Gasteiger partial charge is 0.259 e. The number of fused-ring (bicyclic) bond motifs is 1. The molecule has 1 aliphatic heterocycles. The number of nitrogens with zero attached hydrogens (tertiary/aromatic N) is 1. The summed E-state index contributed by atoms with van der Waals surface area (Å²) in [5, 5.41) is 2.65. The fourth-order valence-electron chi connectivity index (χ4n) is 2.71. The van der Waals surface area contributed by atoms with Crippen molar-refractivity contribution in [3.8, 4) is 5.75 Å². The molecule has 0 bridgehead atoms. The summed E-state index contributed by atoms with van der Waals surface area (Å²) in [7, 11) is 0. The minimum Gasteiger partial charge on any atom is -0.492 e. The van der Waals surface area contributed by atoms with E-state index in [1.807, 2.05) is 6.07 Å². The summed E-state index contributed by atoms with van der Waals surface area (Å²) in [4.78, 5) is 26.1. The number of carbonyl (C=O) groups is 2. The maximum Gasteiger partial charge on any atom is 0.259 e. The minimum atomic E-state index is -0.458. The number of rotatable bonds is 5. The van der Waals surface area contributed by atoms with Crippen LogP contribution in [0.15, 0.2) is 49.0 Å². The highest BCUT2D eigenvalue weighted by atomic mass is 19.1. The lowest BCUT2D eigenvalue weighted by Crippen LogP contribution is -2.32. The number of amides is 2. The molecular formula is C19H17FN2O3. The van der Waals surface area contributed by atoms with Gasteiger partial charge >= 0.3 is 0 Å². The van der Waals surface area contributed by atoms with E-state index in [0.29, 0.717) is 23.6 Å². The van der Waals surface area contributed by atoms with Gasteiger partial charge in [0.15, 0.2) is 0 Å². The van der Waals surface area contributed by atoms with Gasteiger partial charge in [-0.3, -0.25) is 14.5 Å². The lowest BCUT2D eigenvalue weighted by molar-refractivity contribution is -0.116. The molecule has 6 heteroatoms. The first-order valence-electron chi connectivity index (χ1n) is 7.83. The Hall–Kier alpha value is -3.15. The molecule has 3 rings (SSSR count). The van der Waals surface area contributed by atoms with Crippen molar-refractivity contribution in [3.05, 3.63) is 66.0 Å². The summed E-state index contributed by atoms with van der Waals surface area (Å²) in [6.07, 6.45) is 0. The van der Waals surface area contributed by atoms with Gasteiger partial charge in [-0.05, 0) is 25.1 Å². The Balaban J connectivity index is 1.74. The summed E-state index contributed by atoms with van der Waals surface area (Å²) < 4.78 is 18.7. The third kappa shape index (κ3) is 3.24. The van der Waals surface area contributed by atoms with Gasteiger partial charge in [0.05, 0.1) is 12.3 Å². The van der Waals surface area contributed by atoms with Crippen LogP contribution >= 0.6 is 0 Å². The Bertz CT molecular complexity index is 828. The normalized spacial score (nSPS) is 13.0. The van der Waals surface area contributed by atoms with E-state index in [-0.39, 0.29) is 18.2 Å². The predicted molar refractivity (Wildman–Crippen MR) is 92.7 cm³/mol. The molecule has 2 aromatic carbocycles. The standard InChI is InChI=1S/C19H17FN2O3/c1-3-25-17-10-13(20)8-9-16(17)21-18(23)11-22-12(2)14-6-4-5-7-15(14)19(22)24/h4-10H,2-3,11H2,1H3,(H,21,23). The topological polar surface area (TPSA) is 58.6 Å². The van der Waals surface area contributed by atoms with Gasteiger partial charge in [-0.1, -0.05) is 24.8 Å². The number of carbonyl (C=O) groups excluding carboxylic acids is 2. The molecule has 1 N–H and O–H groups in total. The highest BCUT2D eigenvalue weighted by molar-refractivity contribution is 6.11. The molecule has 1 aliphatic rings. The van der Waals surface area contributed by atoms with Crippen LogP contribution in [0.2, 0.25) is 0 Å². The number of ether oxygens (including phenoxy) is 1. The van der Waals surface area contributed by atoms with Crippen molar-refractivity contribution in [2.75, 3.05) is 18.5 Å². The van der Waals surface area contributed by atoms with Crippen LogP contribution in [0.4, 0.5) is 10.1 Å². The van der Waals surface area contributed by atoms with Crippen molar-refractivity contribution < 1.29 is 18.7 Å². The van der Waals surface area contributed by atoms with Crippen molar-refractivity contribution in [1.29, 1.82) is 0 Å². The molecule has 0 fully saturated rings. The van der Waals surface area contributed by atoms with Crippen LogP contribution in [0.5, 0.6) is 5.75 Å². The zero-order valence-electron chi connectivity index (χ0n) is 13.7. The highest BCUT2D eigenvalue weighted by Crippen LogP contribution is 2.31. The number of nitrogens with one attached hydrogen (secondary N) is 1. The second-order valence-electron chi connectivity index (χ2n) is 5.51. The van der Waals surface area contributed by atoms with Crippen LogP contribution in [-0.2, 0) is 4.79 Å². The molecule has 0 atom stereocenters.